The number of aryl methyl sites for hydroxylation is 1. The van der Waals surface area contributed by atoms with Gasteiger partial charge in [0.2, 0.25) is 0 Å². The van der Waals surface area contributed by atoms with Crippen LogP contribution in [-0.4, -0.2) is 9.38 Å². The molecule has 0 atom stereocenters. The van der Waals surface area contributed by atoms with Crippen LogP contribution in [0.1, 0.15) is 5.69 Å². The molecule has 0 amide bonds. The Morgan fingerprint density at radius 1 is 1.55 bits per heavy atom. The van der Waals surface area contributed by atoms with Crippen LogP contribution in [0.25, 0.3) is 5.65 Å². The molecule has 2 aromatic rings. The zero-order valence-corrected chi connectivity index (χ0v) is 8.24. The van der Waals surface area contributed by atoms with Crippen LogP contribution in [0.15, 0.2) is 24.5 Å². The Morgan fingerprint density at radius 3 is 3.18 bits per heavy atom. The fraction of sp³-hybridized carbons (Fsp3) is 0.125. The van der Waals surface area contributed by atoms with E-state index in [1.165, 1.54) is 9.26 Å². The number of rotatable bonds is 0. The lowest BCUT2D eigenvalue weighted by atomic mass is 10.4. The Bertz CT molecular complexity index is 392. The minimum atomic E-state index is 1.02. The number of pyridine rings is 1. The second-order valence-electron chi connectivity index (χ2n) is 2.47. The highest BCUT2D eigenvalue weighted by atomic mass is 127. The van der Waals surface area contributed by atoms with Gasteiger partial charge in [-0.05, 0) is 41.6 Å². The molecule has 0 aromatic carbocycles. The van der Waals surface area contributed by atoms with Crippen LogP contribution < -0.4 is 0 Å². The smallest absolute Gasteiger partial charge is 0.137 e. The third-order valence-corrected chi connectivity index (χ3v) is 2.33. The molecule has 56 valence electrons. The van der Waals surface area contributed by atoms with Crippen molar-refractivity contribution in [2.24, 2.45) is 0 Å². The molecule has 0 bridgehead atoms. The summed E-state index contributed by atoms with van der Waals surface area (Å²) in [5.74, 6) is 0. The van der Waals surface area contributed by atoms with E-state index < -0.39 is 0 Å². The summed E-state index contributed by atoms with van der Waals surface area (Å²) in [4.78, 5) is 4.24. The highest BCUT2D eigenvalue weighted by Gasteiger charge is 1.96. The van der Waals surface area contributed by atoms with Crippen LogP contribution in [0.3, 0.4) is 0 Å². The molecule has 0 unspecified atom stereocenters. The molecule has 0 fully saturated rings. The fourth-order valence-corrected chi connectivity index (χ4v) is 1.52. The molecule has 2 rings (SSSR count). The quantitative estimate of drug-likeness (QED) is 0.662. The lowest BCUT2D eigenvalue weighted by molar-refractivity contribution is 1.11. The number of imidazole rings is 1. The molecule has 2 aromatic heterocycles. The van der Waals surface area contributed by atoms with Crippen molar-refractivity contribution in [2.45, 2.75) is 6.92 Å². The summed E-state index contributed by atoms with van der Waals surface area (Å²) in [6.45, 7) is 2.05. The standard InChI is InChI=1S/C8H7IN2/c1-6-5-10-8-4-7(9)2-3-11(6)8/h2-5H,1H3. The van der Waals surface area contributed by atoms with Crippen LogP contribution in [0, 0.1) is 10.5 Å². The molecule has 0 aliphatic carbocycles. The van der Waals surface area contributed by atoms with Crippen LogP contribution in [0.2, 0.25) is 0 Å². The number of aromatic nitrogens is 2. The van der Waals surface area contributed by atoms with Gasteiger partial charge in [0.25, 0.3) is 0 Å². The molecule has 11 heavy (non-hydrogen) atoms. The van der Waals surface area contributed by atoms with Gasteiger partial charge in [-0.25, -0.2) is 4.98 Å². The van der Waals surface area contributed by atoms with E-state index in [4.69, 9.17) is 0 Å². The molecule has 0 N–H and O–H groups in total. The Hall–Kier alpha value is -0.580. The average Bonchev–Trinajstić information content (AvgIpc) is 2.32. The Labute approximate surface area is 78.4 Å². The maximum absolute atomic E-state index is 4.24. The topological polar surface area (TPSA) is 17.3 Å². The molecule has 3 heteroatoms. The molecule has 0 spiro atoms. The second kappa shape index (κ2) is 2.48. The summed E-state index contributed by atoms with van der Waals surface area (Å²) in [6, 6.07) is 4.13. The Kier molecular flexibility index (Phi) is 1.60. The lowest BCUT2D eigenvalue weighted by Gasteiger charge is -1.94. The first kappa shape index (κ1) is 7.09. The van der Waals surface area contributed by atoms with E-state index in [0.717, 1.165) is 5.65 Å². The van der Waals surface area contributed by atoms with E-state index in [0.29, 0.717) is 0 Å². The summed E-state index contributed by atoms with van der Waals surface area (Å²) < 4.78 is 3.29. The molecule has 0 radical (unpaired) electrons. The van der Waals surface area contributed by atoms with Gasteiger partial charge in [-0.1, -0.05) is 0 Å². The number of halogens is 1. The van der Waals surface area contributed by atoms with Crippen LogP contribution >= 0.6 is 22.6 Å². The predicted molar refractivity (Wildman–Crippen MR) is 52.6 cm³/mol. The molecular formula is C8H7IN2. The largest absolute Gasteiger partial charge is 0.304 e. The van der Waals surface area contributed by atoms with Crippen LogP contribution in [-0.2, 0) is 0 Å². The van der Waals surface area contributed by atoms with E-state index in [2.05, 4.69) is 44.1 Å². The van der Waals surface area contributed by atoms with Crippen LogP contribution in [0.4, 0.5) is 0 Å². The SMILES string of the molecule is Cc1cnc2cc(I)ccn12. The third-order valence-electron chi connectivity index (χ3n) is 1.66. The van der Waals surface area contributed by atoms with Crippen molar-refractivity contribution in [3.8, 4) is 0 Å². The maximum Gasteiger partial charge on any atom is 0.137 e. The summed E-state index contributed by atoms with van der Waals surface area (Å²) in [5.41, 5.74) is 2.20. The minimum Gasteiger partial charge on any atom is -0.304 e. The highest BCUT2D eigenvalue weighted by Crippen LogP contribution is 2.09. The van der Waals surface area contributed by atoms with Gasteiger partial charge < -0.3 is 4.40 Å². The van der Waals surface area contributed by atoms with Gasteiger partial charge in [-0.3, -0.25) is 0 Å². The van der Waals surface area contributed by atoms with Gasteiger partial charge in [0, 0.05) is 21.7 Å². The normalized spacial score (nSPS) is 10.7. The van der Waals surface area contributed by atoms with E-state index >= 15 is 0 Å². The van der Waals surface area contributed by atoms with Crippen molar-refractivity contribution in [1.29, 1.82) is 0 Å². The van der Waals surface area contributed by atoms with E-state index in [1.807, 2.05) is 19.3 Å². The molecule has 0 aliphatic heterocycles. The van der Waals surface area contributed by atoms with E-state index in [1.54, 1.807) is 0 Å². The molecular weight excluding hydrogens is 251 g/mol. The number of hydrogen-bond donors (Lipinski definition) is 0. The molecule has 2 heterocycles. The average molecular weight is 258 g/mol. The number of hydrogen-bond acceptors (Lipinski definition) is 1. The molecule has 0 saturated heterocycles. The first-order chi connectivity index (χ1) is 5.27. The first-order valence-electron chi connectivity index (χ1n) is 3.36. The number of fused-ring (bicyclic) bond motifs is 1. The van der Waals surface area contributed by atoms with Gasteiger partial charge in [0.05, 0.1) is 0 Å². The summed E-state index contributed by atoms with van der Waals surface area (Å²) in [6.07, 6.45) is 3.92. The van der Waals surface area contributed by atoms with Gasteiger partial charge in [0.1, 0.15) is 5.65 Å². The van der Waals surface area contributed by atoms with Gasteiger partial charge in [0.15, 0.2) is 0 Å². The Morgan fingerprint density at radius 2 is 2.36 bits per heavy atom. The summed E-state index contributed by atoms with van der Waals surface area (Å²) >= 11 is 2.28. The van der Waals surface area contributed by atoms with Gasteiger partial charge >= 0.3 is 0 Å². The van der Waals surface area contributed by atoms with Gasteiger partial charge in [-0.15, -0.1) is 0 Å². The van der Waals surface area contributed by atoms with Crippen molar-refractivity contribution < 1.29 is 0 Å². The summed E-state index contributed by atoms with van der Waals surface area (Å²) in [7, 11) is 0. The first-order valence-corrected chi connectivity index (χ1v) is 4.44. The van der Waals surface area contributed by atoms with Crippen molar-refractivity contribution in [3.63, 3.8) is 0 Å². The molecule has 2 nitrogen and oxygen atoms in total. The zero-order valence-electron chi connectivity index (χ0n) is 6.08. The van der Waals surface area contributed by atoms with E-state index in [-0.39, 0.29) is 0 Å². The number of nitrogens with zero attached hydrogens (tertiary/aromatic N) is 2. The third kappa shape index (κ3) is 1.13. The van der Waals surface area contributed by atoms with Gasteiger partial charge in [-0.2, -0.15) is 0 Å². The summed E-state index contributed by atoms with van der Waals surface area (Å²) in [5, 5.41) is 0. The fourth-order valence-electron chi connectivity index (χ4n) is 1.08. The van der Waals surface area contributed by atoms with Crippen molar-refractivity contribution in [2.75, 3.05) is 0 Å². The van der Waals surface area contributed by atoms with Crippen molar-refractivity contribution >= 4 is 28.2 Å². The van der Waals surface area contributed by atoms with Crippen molar-refractivity contribution in [3.05, 3.63) is 33.8 Å². The lowest BCUT2D eigenvalue weighted by Crippen LogP contribution is -1.86. The monoisotopic (exact) mass is 258 g/mol. The van der Waals surface area contributed by atoms with Crippen molar-refractivity contribution in [1.82, 2.24) is 9.38 Å². The van der Waals surface area contributed by atoms with E-state index in [9.17, 15) is 0 Å². The molecule has 0 saturated carbocycles. The highest BCUT2D eigenvalue weighted by molar-refractivity contribution is 14.1. The Balaban J connectivity index is 2.86. The second-order valence-corrected chi connectivity index (χ2v) is 3.72. The maximum atomic E-state index is 4.24. The van der Waals surface area contributed by atoms with Crippen LogP contribution in [0.5, 0.6) is 0 Å². The zero-order chi connectivity index (χ0) is 7.84. The minimum absolute atomic E-state index is 1.02. The predicted octanol–water partition coefficient (Wildman–Crippen LogP) is 2.25. The molecule has 0 aliphatic rings.